The molecule has 1 unspecified atom stereocenters. The number of ether oxygens (including phenoxy) is 1. The van der Waals surface area contributed by atoms with Gasteiger partial charge < -0.3 is 30.6 Å². The van der Waals surface area contributed by atoms with Gasteiger partial charge in [-0.25, -0.2) is 4.98 Å². The SMILES string of the molecule is CC(C)(N)C(=O)N[C@H](COCc1ccccc1)C(=O)Nc1cn(C(C(=O)N2CCS(=O)CC2)c2ccccc2)cn1. The lowest BCUT2D eigenvalue weighted by atomic mass is 10.1. The van der Waals surface area contributed by atoms with Gasteiger partial charge in [0.15, 0.2) is 5.82 Å². The van der Waals surface area contributed by atoms with E-state index < -0.39 is 40.2 Å². The van der Waals surface area contributed by atoms with Crippen LogP contribution in [0.1, 0.15) is 31.0 Å². The number of carbonyl (C=O) groups is 3. The minimum Gasteiger partial charge on any atom is -0.374 e. The number of hydrogen-bond donors (Lipinski definition) is 3. The van der Waals surface area contributed by atoms with Crippen LogP contribution in [0.15, 0.2) is 73.2 Å². The zero-order valence-electron chi connectivity index (χ0n) is 23.2. The Morgan fingerprint density at radius 1 is 1.05 bits per heavy atom. The third-order valence-electron chi connectivity index (χ3n) is 6.59. The number of nitrogens with one attached hydrogen (secondary N) is 2. The van der Waals surface area contributed by atoms with Crippen molar-refractivity contribution in [2.24, 2.45) is 5.73 Å². The lowest BCUT2D eigenvalue weighted by Crippen LogP contribution is -2.56. The van der Waals surface area contributed by atoms with Crippen LogP contribution < -0.4 is 16.4 Å². The van der Waals surface area contributed by atoms with E-state index in [1.165, 1.54) is 6.33 Å². The average molecular weight is 581 g/mol. The zero-order chi connectivity index (χ0) is 29.4. The van der Waals surface area contributed by atoms with Gasteiger partial charge in [-0.15, -0.1) is 0 Å². The van der Waals surface area contributed by atoms with Crippen molar-refractivity contribution in [3.8, 4) is 0 Å². The van der Waals surface area contributed by atoms with E-state index in [0.717, 1.165) is 11.1 Å². The topological polar surface area (TPSA) is 149 Å². The molecule has 218 valence electrons. The van der Waals surface area contributed by atoms with Gasteiger partial charge in [0.2, 0.25) is 11.8 Å². The number of amides is 3. The monoisotopic (exact) mass is 580 g/mol. The van der Waals surface area contributed by atoms with Crippen LogP contribution in [0.3, 0.4) is 0 Å². The molecule has 1 aliphatic heterocycles. The van der Waals surface area contributed by atoms with Gasteiger partial charge >= 0.3 is 0 Å². The smallest absolute Gasteiger partial charge is 0.250 e. The fraction of sp³-hybridized carbons (Fsp3) is 0.379. The Morgan fingerprint density at radius 2 is 1.68 bits per heavy atom. The molecule has 2 aromatic carbocycles. The first-order chi connectivity index (χ1) is 19.6. The van der Waals surface area contributed by atoms with Crippen LogP contribution in [0.5, 0.6) is 0 Å². The van der Waals surface area contributed by atoms with Gasteiger partial charge in [-0.3, -0.25) is 18.6 Å². The van der Waals surface area contributed by atoms with Gasteiger partial charge in [0, 0.05) is 41.6 Å². The maximum absolute atomic E-state index is 13.6. The molecule has 1 aliphatic rings. The van der Waals surface area contributed by atoms with Crippen LogP contribution in [0, 0.1) is 0 Å². The van der Waals surface area contributed by atoms with Gasteiger partial charge in [0.25, 0.3) is 5.91 Å². The van der Waals surface area contributed by atoms with E-state index in [4.69, 9.17) is 10.5 Å². The number of rotatable bonds is 11. The number of anilines is 1. The second-order valence-electron chi connectivity index (χ2n) is 10.4. The summed E-state index contributed by atoms with van der Waals surface area (Å²) in [5.74, 6) is -0.106. The molecule has 0 saturated carbocycles. The molecule has 0 radical (unpaired) electrons. The van der Waals surface area contributed by atoms with Crippen LogP contribution in [0.25, 0.3) is 0 Å². The molecule has 2 heterocycles. The molecule has 1 aromatic heterocycles. The Balaban J connectivity index is 1.49. The Morgan fingerprint density at radius 3 is 2.32 bits per heavy atom. The van der Waals surface area contributed by atoms with E-state index in [1.807, 2.05) is 60.7 Å². The Bertz CT molecular complexity index is 1350. The van der Waals surface area contributed by atoms with E-state index in [2.05, 4.69) is 15.6 Å². The summed E-state index contributed by atoms with van der Waals surface area (Å²) in [6.45, 7) is 4.08. The van der Waals surface area contributed by atoms with Gasteiger partial charge in [0.05, 0.1) is 25.1 Å². The maximum Gasteiger partial charge on any atom is 0.250 e. The van der Waals surface area contributed by atoms with Crippen molar-refractivity contribution in [2.75, 3.05) is 36.5 Å². The first kappa shape index (κ1) is 30.1. The van der Waals surface area contributed by atoms with Gasteiger partial charge in [-0.1, -0.05) is 60.7 Å². The Kier molecular flexibility index (Phi) is 10.0. The molecule has 2 atom stereocenters. The van der Waals surface area contributed by atoms with E-state index in [0.29, 0.717) is 24.6 Å². The lowest BCUT2D eigenvalue weighted by Gasteiger charge is -2.30. The molecule has 0 spiro atoms. The number of nitrogens with two attached hydrogens (primary N) is 1. The number of imidazole rings is 1. The highest BCUT2D eigenvalue weighted by Crippen LogP contribution is 2.23. The highest BCUT2D eigenvalue weighted by Gasteiger charge is 2.31. The minimum atomic E-state index is -1.20. The van der Waals surface area contributed by atoms with Crippen LogP contribution in [-0.4, -0.2) is 79.2 Å². The van der Waals surface area contributed by atoms with Crippen molar-refractivity contribution in [1.82, 2.24) is 19.8 Å². The third kappa shape index (κ3) is 8.32. The van der Waals surface area contributed by atoms with Crippen molar-refractivity contribution < 1.29 is 23.3 Å². The molecule has 4 rings (SSSR count). The largest absolute Gasteiger partial charge is 0.374 e. The number of aromatic nitrogens is 2. The minimum absolute atomic E-state index is 0.0925. The molecule has 41 heavy (non-hydrogen) atoms. The summed E-state index contributed by atoms with van der Waals surface area (Å²) in [5, 5.41) is 5.39. The van der Waals surface area contributed by atoms with Crippen LogP contribution in [-0.2, 0) is 36.5 Å². The molecule has 1 saturated heterocycles. The van der Waals surface area contributed by atoms with Crippen molar-refractivity contribution >= 4 is 34.3 Å². The number of benzene rings is 2. The predicted molar refractivity (Wildman–Crippen MR) is 156 cm³/mol. The Hall–Kier alpha value is -3.87. The van der Waals surface area contributed by atoms with Crippen molar-refractivity contribution in [3.63, 3.8) is 0 Å². The highest BCUT2D eigenvalue weighted by molar-refractivity contribution is 7.85. The molecule has 4 N–H and O–H groups in total. The average Bonchev–Trinajstić information content (AvgIpc) is 3.41. The maximum atomic E-state index is 13.6. The molecular formula is C29H36N6O5S. The lowest BCUT2D eigenvalue weighted by molar-refractivity contribution is -0.133. The van der Waals surface area contributed by atoms with Crippen molar-refractivity contribution in [1.29, 1.82) is 0 Å². The van der Waals surface area contributed by atoms with Crippen LogP contribution in [0.4, 0.5) is 5.82 Å². The molecule has 0 bridgehead atoms. The second kappa shape index (κ2) is 13.7. The normalized spacial score (nSPS) is 15.6. The molecule has 0 aliphatic carbocycles. The van der Waals surface area contributed by atoms with E-state index in [9.17, 15) is 18.6 Å². The third-order valence-corrected chi connectivity index (χ3v) is 7.87. The fourth-order valence-electron chi connectivity index (χ4n) is 4.26. The fourth-order valence-corrected chi connectivity index (χ4v) is 5.31. The van der Waals surface area contributed by atoms with E-state index in [1.54, 1.807) is 29.5 Å². The summed E-state index contributed by atoms with van der Waals surface area (Å²) in [7, 11) is -0.919. The summed E-state index contributed by atoms with van der Waals surface area (Å²) in [6, 6.07) is 17.0. The Labute approximate surface area is 241 Å². The quantitative estimate of drug-likeness (QED) is 0.311. The van der Waals surface area contributed by atoms with Crippen LogP contribution in [0.2, 0.25) is 0 Å². The molecule has 11 nitrogen and oxygen atoms in total. The second-order valence-corrected chi connectivity index (χ2v) is 12.1. The van der Waals surface area contributed by atoms with Crippen molar-refractivity contribution in [2.45, 2.75) is 38.1 Å². The van der Waals surface area contributed by atoms with E-state index >= 15 is 0 Å². The van der Waals surface area contributed by atoms with E-state index in [-0.39, 0.29) is 24.9 Å². The number of nitrogens with zero attached hydrogens (tertiary/aromatic N) is 3. The summed E-state index contributed by atoms with van der Waals surface area (Å²) in [6.07, 6.45) is 3.06. The summed E-state index contributed by atoms with van der Waals surface area (Å²) in [5.41, 5.74) is 6.41. The molecule has 12 heteroatoms. The predicted octanol–water partition coefficient (Wildman–Crippen LogP) is 1.44. The first-order valence-corrected chi connectivity index (χ1v) is 14.8. The number of hydrogen-bond acceptors (Lipinski definition) is 7. The van der Waals surface area contributed by atoms with Gasteiger partial charge in [-0.05, 0) is 25.0 Å². The summed E-state index contributed by atoms with van der Waals surface area (Å²) < 4.78 is 19.2. The van der Waals surface area contributed by atoms with Crippen LogP contribution >= 0.6 is 0 Å². The first-order valence-electron chi connectivity index (χ1n) is 13.4. The summed E-state index contributed by atoms with van der Waals surface area (Å²) in [4.78, 5) is 45.5. The van der Waals surface area contributed by atoms with Gasteiger partial charge in [-0.2, -0.15) is 0 Å². The summed E-state index contributed by atoms with van der Waals surface area (Å²) >= 11 is 0. The molecule has 3 aromatic rings. The van der Waals surface area contributed by atoms with Gasteiger partial charge in [0.1, 0.15) is 12.1 Å². The highest BCUT2D eigenvalue weighted by atomic mass is 32.2. The molecule has 3 amide bonds. The van der Waals surface area contributed by atoms with Crippen molar-refractivity contribution in [3.05, 3.63) is 84.3 Å². The number of carbonyl (C=O) groups excluding carboxylic acids is 3. The molecule has 1 fully saturated rings. The standard InChI is InChI=1S/C29H36N6O5S/c1-29(2,30)28(38)32-23(19-40-18-21-9-5-3-6-10-21)26(36)33-24-17-35(20-31-24)25(22-11-7-4-8-12-22)27(37)34-13-15-41(39)16-14-34/h3-12,17,20,23,25H,13-16,18-19,30H2,1-2H3,(H,32,38)(H,33,36)/t23-,25?/m1/s1. The zero-order valence-corrected chi connectivity index (χ0v) is 24.0. The molecular weight excluding hydrogens is 544 g/mol.